The van der Waals surface area contributed by atoms with Gasteiger partial charge in [0.15, 0.2) is 0 Å². The van der Waals surface area contributed by atoms with Gasteiger partial charge in [0.05, 0.1) is 0 Å². The number of hydrogen-bond donors (Lipinski definition) is 1. The lowest BCUT2D eigenvalue weighted by atomic mass is 9.89. The van der Waals surface area contributed by atoms with E-state index in [1.165, 1.54) is 37.9 Å². The number of nitrogens with zero attached hydrogens (tertiary/aromatic N) is 1. The second kappa shape index (κ2) is 3.92. The van der Waals surface area contributed by atoms with Gasteiger partial charge in [-0.1, -0.05) is 6.42 Å². The Morgan fingerprint density at radius 1 is 1.44 bits per heavy atom. The lowest BCUT2D eigenvalue weighted by Gasteiger charge is -2.24. The average Bonchev–Trinajstić information content (AvgIpc) is 2.91. The molecule has 0 saturated heterocycles. The van der Waals surface area contributed by atoms with Gasteiger partial charge in [-0.2, -0.15) is 0 Å². The minimum absolute atomic E-state index is 0.161. The van der Waals surface area contributed by atoms with Crippen LogP contribution in [0.2, 0.25) is 0 Å². The molecule has 3 rings (SSSR count). The molecule has 16 heavy (non-hydrogen) atoms. The summed E-state index contributed by atoms with van der Waals surface area (Å²) in [5, 5.41) is 0. The van der Waals surface area contributed by atoms with E-state index in [1.54, 1.807) is 0 Å². The van der Waals surface area contributed by atoms with Gasteiger partial charge in [0.25, 0.3) is 0 Å². The molecule has 2 aliphatic carbocycles. The molecule has 2 saturated carbocycles. The molecule has 2 aliphatic rings. The van der Waals surface area contributed by atoms with E-state index >= 15 is 0 Å². The first-order chi connectivity index (χ1) is 7.74. The number of rotatable bonds is 3. The fourth-order valence-corrected chi connectivity index (χ4v) is 3.86. The van der Waals surface area contributed by atoms with Crippen LogP contribution in [-0.2, 0) is 6.54 Å². The molecule has 1 aromatic heterocycles. The Labute approximate surface area is 97.8 Å². The summed E-state index contributed by atoms with van der Waals surface area (Å²) in [5.41, 5.74) is 7.28. The van der Waals surface area contributed by atoms with Crippen molar-refractivity contribution in [3.63, 3.8) is 0 Å². The lowest BCUT2D eigenvalue weighted by molar-refractivity contribution is 0.292. The van der Waals surface area contributed by atoms with Crippen molar-refractivity contribution < 1.29 is 0 Å². The molecular formula is C14H22N2. The highest BCUT2D eigenvalue weighted by Gasteiger charge is 2.39. The Hall–Kier alpha value is -0.760. The maximum absolute atomic E-state index is 5.99. The summed E-state index contributed by atoms with van der Waals surface area (Å²) in [6.07, 6.45) is 8.13. The van der Waals surface area contributed by atoms with Gasteiger partial charge in [0.2, 0.25) is 0 Å². The first-order valence-electron chi connectivity index (χ1n) is 6.64. The topological polar surface area (TPSA) is 30.9 Å². The molecule has 0 aliphatic heterocycles. The van der Waals surface area contributed by atoms with Crippen LogP contribution in [-0.4, -0.2) is 4.57 Å². The third-order valence-electron chi connectivity index (χ3n) is 4.65. The van der Waals surface area contributed by atoms with Crippen LogP contribution in [0.1, 0.15) is 44.3 Å². The largest absolute Gasteiger partial charge is 0.350 e. The smallest absolute Gasteiger partial charge is 0.0421 e. The molecule has 0 aromatic carbocycles. The van der Waals surface area contributed by atoms with Crippen LogP contribution in [0.5, 0.6) is 0 Å². The Kier molecular flexibility index (Phi) is 2.55. The molecule has 2 bridgehead atoms. The van der Waals surface area contributed by atoms with Crippen molar-refractivity contribution in [3.8, 4) is 0 Å². The highest BCUT2D eigenvalue weighted by atomic mass is 15.0. The Bertz CT molecular complexity index is 367. The molecule has 0 amide bonds. The number of nitrogens with two attached hydrogens (primary N) is 1. The first-order valence-corrected chi connectivity index (χ1v) is 6.64. The number of fused-ring (bicyclic) bond motifs is 2. The molecule has 2 heteroatoms. The van der Waals surface area contributed by atoms with Gasteiger partial charge < -0.3 is 10.3 Å². The highest BCUT2D eigenvalue weighted by molar-refractivity contribution is 5.11. The third-order valence-corrected chi connectivity index (χ3v) is 4.65. The van der Waals surface area contributed by atoms with Gasteiger partial charge in [-0.05, 0) is 56.1 Å². The fourth-order valence-electron chi connectivity index (χ4n) is 3.86. The summed E-state index contributed by atoms with van der Waals surface area (Å²) >= 11 is 0. The number of hydrogen-bond acceptors (Lipinski definition) is 1. The van der Waals surface area contributed by atoms with Crippen molar-refractivity contribution in [2.75, 3.05) is 0 Å². The van der Waals surface area contributed by atoms with Gasteiger partial charge in [-0.25, -0.2) is 0 Å². The lowest BCUT2D eigenvalue weighted by Crippen LogP contribution is -2.20. The second-order valence-corrected chi connectivity index (χ2v) is 5.81. The summed E-state index contributed by atoms with van der Waals surface area (Å²) in [7, 11) is 0. The van der Waals surface area contributed by atoms with Crippen LogP contribution in [0.4, 0.5) is 0 Å². The zero-order chi connectivity index (χ0) is 11.1. The van der Waals surface area contributed by atoms with Gasteiger partial charge in [-0.15, -0.1) is 0 Å². The molecule has 2 fully saturated rings. The summed E-state index contributed by atoms with van der Waals surface area (Å²) in [4.78, 5) is 0. The van der Waals surface area contributed by atoms with E-state index in [0.717, 1.165) is 17.8 Å². The van der Waals surface area contributed by atoms with Gasteiger partial charge >= 0.3 is 0 Å². The van der Waals surface area contributed by atoms with Crippen molar-refractivity contribution in [1.29, 1.82) is 0 Å². The monoisotopic (exact) mass is 218 g/mol. The zero-order valence-electron chi connectivity index (χ0n) is 10.1. The number of aromatic nitrogens is 1. The minimum Gasteiger partial charge on any atom is -0.350 e. The van der Waals surface area contributed by atoms with E-state index in [9.17, 15) is 0 Å². The van der Waals surface area contributed by atoms with E-state index in [1.807, 2.05) is 0 Å². The Morgan fingerprint density at radius 3 is 2.94 bits per heavy atom. The molecule has 2 nitrogen and oxygen atoms in total. The van der Waals surface area contributed by atoms with Gasteiger partial charge in [0, 0.05) is 24.5 Å². The molecule has 1 aromatic rings. The normalized spacial score (nSPS) is 34.5. The van der Waals surface area contributed by atoms with Crippen molar-refractivity contribution in [3.05, 3.63) is 24.0 Å². The van der Waals surface area contributed by atoms with Crippen molar-refractivity contribution in [2.24, 2.45) is 23.5 Å². The van der Waals surface area contributed by atoms with Crippen LogP contribution >= 0.6 is 0 Å². The first kappa shape index (κ1) is 10.4. The van der Waals surface area contributed by atoms with E-state index in [2.05, 4.69) is 29.8 Å². The van der Waals surface area contributed by atoms with E-state index < -0.39 is 0 Å². The van der Waals surface area contributed by atoms with Crippen LogP contribution in [0.15, 0.2) is 18.3 Å². The van der Waals surface area contributed by atoms with Crippen LogP contribution in [0.25, 0.3) is 0 Å². The Balaban J connectivity index is 1.72. The molecular weight excluding hydrogens is 196 g/mol. The molecule has 0 radical (unpaired) electrons. The maximum atomic E-state index is 5.99. The van der Waals surface area contributed by atoms with Gasteiger partial charge in [-0.3, -0.25) is 0 Å². The third kappa shape index (κ3) is 1.69. The van der Waals surface area contributed by atoms with E-state index in [4.69, 9.17) is 5.73 Å². The average molecular weight is 218 g/mol. The van der Waals surface area contributed by atoms with Crippen molar-refractivity contribution >= 4 is 0 Å². The summed E-state index contributed by atoms with van der Waals surface area (Å²) in [5.74, 6) is 2.97. The molecule has 1 heterocycles. The van der Waals surface area contributed by atoms with E-state index in [-0.39, 0.29) is 6.04 Å². The maximum Gasteiger partial charge on any atom is 0.0421 e. The standard InChI is InChI=1S/C14H22N2/c1-10(15)14-3-2-6-16(14)9-13-8-11-4-5-12(13)7-11/h2-3,6,10-13H,4-5,7-9,15H2,1H3. The van der Waals surface area contributed by atoms with Crippen LogP contribution in [0, 0.1) is 17.8 Å². The van der Waals surface area contributed by atoms with Crippen molar-refractivity contribution in [2.45, 2.75) is 45.2 Å². The van der Waals surface area contributed by atoms with Gasteiger partial charge in [0.1, 0.15) is 0 Å². The van der Waals surface area contributed by atoms with Crippen molar-refractivity contribution in [1.82, 2.24) is 4.57 Å². The predicted molar refractivity (Wildman–Crippen MR) is 66.0 cm³/mol. The Morgan fingerprint density at radius 2 is 2.31 bits per heavy atom. The molecule has 4 unspecified atom stereocenters. The molecule has 2 N–H and O–H groups in total. The quantitative estimate of drug-likeness (QED) is 0.831. The second-order valence-electron chi connectivity index (χ2n) is 5.81. The molecule has 0 spiro atoms. The zero-order valence-corrected chi connectivity index (χ0v) is 10.1. The predicted octanol–water partition coefficient (Wildman–Crippen LogP) is 2.94. The fraction of sp³-hybridized carbons (Fsp3) is 0.714. The minimum atomic E-state index is 0.161. The highest BCUT2D eigenvalue weighted by Crippen LogP contribution is 2.48. The molecule has 88 valence electrons. The summed E-state index contributed by atoms with van der Waals surface area (Å²) in [6, 6.07) is 4.46. The SMILES string of the molecule is CC(N)c1cccn1CC1CC2CCC1C2. The van der Waals surface area contributed by atoms with E-state index in [0.29, 0.717) is 0 Å². The molecule has 4 atom stereocenters. The van der Waals surface area contributed by atoms with Crippen LogP contribution in [0.3, 0.4) is 0 Å². The summed E-state index contributed by atoms with van der Waals surface area (Å²) in [6.45, 7) is 3.28. The van der Waals surface area contributed by atoms with Crippen LogP contribution < -0.4 is 5.73 Å². The summed E-state index contributed by atoms with van der Waals surface area (Å²) < 4.78 is 2.38.